The van der Waals surface area contributed by atoms with Gasteiger partial charge in [0.2, 0.25) is 5.91 Å². The van der Waals surface area contributed by atoms with E-state index in [1.165, 1.54) is 7.11 Å². The highest BCUT2D eigenvalue weighted by atomic mass is 35.5. The number of rotatable bonds is 10. The third-order valence-electron chi connectivity index (χ3n) is 3.79. The Labute approximate surface area is 148 Å². The Morgan fingerprint density at radius 2 is 1.88 bits per heavy atom. The van der Waals surface area contributed by atoms with E-state index in [0.717, 1.165) is 18.4 Å². The predicted molar refractivity (Wildman–Crippen MR) is 94.0 cm³/mol. The molecule has 0 spiro atoms. The maximum atomic E-state index is 12.4. The summed E-state index contributed by atoms with van der Waals surface area (Å²) in [6.45, 7) is 3.01. The summed E-state index contributed by atoms with van der Waals surface area (Å²) < 4.78 is 9.78. The molecule has 1 unspecified atom stereocenters. The Kier molecular flexibility index (Phi) is 9.42. The molecule has 0 saturated heterocycles. The molecule has 134 valence electrons. The van der Waals surface area contributed by atoms with Gasteiger partial charge in [-0.2, -0.15) is 0 Å². The minimum Gasteiger partial charge on any atom is -0.469 e. The number of benzene rings is 1. The van der Waals surface area contributed by atoms with Crippen LogP contribution in [0.1, 0.15) is 25.3 Å². The Morgan fingerprint density at radius 1 is 1.21 bits per heavy atom. The molecular formula is C18H26ClNO4. The van der Waals surface area contributed by atoms with Gasteiger partial charge in [-0.05, 0) is 30.5 Å². The van der Waals surface area contributed by atoms with Crippen molar-refractivity contribution in [2.45, 2.75) is 26.2 Å². The van der Waals surface area contributed by atoms with Gasteiger partial charge < -0.3 is 14.4 Å². The van der Waals surface area contributed by atoms with Gasteiger partial charge in [-0.3, -0.25) is 9.59 Å². The number of ether oxygens (including phenoxy) is 2. The third-order valence-corrected chi connectivity index (χ3v) is 4.04. The molecule has 0 radical (unpaired) electrons. The van der Waals surface area contributed by atoms with E-state index in [4.69, 9.17) is 21.1 Å². The average molecular weight is 356 g/mol. The Bertz CT molecular complexity index is 518. The number of amides is 1. The van der Waals surface area contributed by atoms with Crippen LogP contribution in [0.5, 0.6) is 0 Å². The summed E-state index contributed by atoms with van der Waals surface area (Å²) in [6, 6.07) is 7.63. The van der Waals surface area contributed by atoms with E-state index < -0.39 is 0 Å². The van der Waals surface area contributed by atoms with Crippen LogP contribution in [0.4, 0.5) is 0 Å². The maximum absolute atomic E-state index is 12.4. The summed E-state index contributed by atoms with van der Waals surface area (Å²) in [6.07, 6.45) is 1.99. The molecule has 6 heteroatoms. The van der Waals surface area contributed by atoms with Crippen LogP contribution >= 0.6 is 11.6 Å². The number of carbonyl (C=O) groups excluding carboxylic acids is 2. The number of aryl methyl sites for hydroxylation is 1. The fraction of sp³-hybridized carbons (Fsp3) is 0.556. The van der Waals surface area contributed by atoms with Gasteiger partial charge >= 0.3 is 5.97 Å². The van der Waals surface area contributed by atoms with Crippen molar-refractivity contribution in [3.63, 3.8) is 0 Å². The lowest BCUT2D eigenvalue weighted by Crippen LogP contribution is -2.39. The number of halogens is 1. The van der Waals surface area contributed by atoms with Gasteiger partial charge in [-0.15, -0.1) is 0 Å². The minimum atomic E-state index is -0.355. The Balaban J connectivity index is 2.50. The molecule has 0 heterocycles. The first kappa shape index (κ1) is 20.5. The molecule has 0 N–H and O–H groups in total. The van der Waals surface area contributed by atoms with E-state index in [0.29, 0.717) is 31.1 Å². The molecule has 0 aliphatic carbocycles. The summed E-state index contributed by atoms with van der Waals surface area (Å²) in [5.74, 6) is -0.643. The molecule has 1 aromatic rings. The van der Waals surface area contributed by atoms with Gasteiger partial charge in [0.1, 0.15) is 0 Å². The van der Waals surface area contributed by atoms with Gasteiger partial charge in [0.05, 0.1) is 19.6 Å². The average Bonchev–Trinajstić information content (AvgIpc) is 2.59. The second kappa shape index (κ2) is 11.0. The highest BCUT2D eigenvalue weighted by molar-refractivity contribution is 6.30. The van der Waals surface area contributed by atoms with Gasteiger partial charge in [0.25, 0.3) is 0 Å². The number of hydrogen-bond acceptors (Lipinski definition) is 4. The van der Waals surface area contributed by atoms with Crippen molar-refractivity contribution in [3.05, 3.63) is 34.9 Å². The summed E-state index contributed by atoms with van der Waals surface area (Å²) in [5.41, 5.74) is 1.15. The first-order valence-electron chi connectivity index (χ1n) is 8.07. The van der Waals surface area contributed by atoms with Crippen LogP contribution in [0.3, 0.4) is 0 Å². The number of methoxy groups -OCH3 is 2. The highest BCUT2D eigenvalue weighted by Crippen LogP contribution is 2.13. The minimum absolute atomic E-state index is 0.0248. The van der Waals surface area contributed by atoms with E-state index in [1.807, 2.05) is 24.3 Å². The maximum Gasteiger partial charge on any atom is 0.310 e. The van der Waals surface area contributed by atoms with Crippen molar-refractivity contribution in [2.24, 2.45) is 5.92 Å². The molecule has 1 atom stereocenters. The second-order valence-corrected chi connectivity index (χ2v) is 6.17. The number of hydrogen-bond donors (Lipinski definition) is 0. The summed E-state index contributed by atoms with van der Waals surface area (Å²) in [7, 11) is 2.94. The topological polar surface area (TPSA) is 55.8 Å². The van der Waals surface area contributed by atoms with Gasteiger partial charge in [-0.1, -0.05) is 30.7 Å². The number of esters is 1. The van der Waals surface area contributed by atoms with Crippen molar-refractivity contribution in [3.8, 4) is 0 Å². The lowest BCUT2D eigenvalue weighted by molar-refractivity contribution is -0.146. The fourth-order valence-corrected chi connectivity index (χ4v) is 2.50. The Morgan fingerprint density at radius 3 is 2.46 bits per heavy atom. The molecule has 1 amide bonds. The van der Waals surface area contributed by atoms with Crippen molar-refractivity contribution in [2.75, 3.05) is 33.9 Å². The van der Waals surface area contributed by atoms with E-state index in [2.05, 4.69) is 0 Å². The van der Waals surface area contributed by atoms with Crippen LogP contribution < -0.4 is 0 Å². The lowest BCUT2D eigenvalue weighted by atomic mass is 10.1. The summed E-state index contributed by atoms with van der Waals surface area (Å²) in [5, 5.41) is 0.706. The van der Waals surface area contributed by atoms with Crippen LogP contribution in [-0.4, -0.2) is 50.7 Å². The highest BCUT2D eigenvalue weighted by Gasteiger charge is 2.21. The smallest absolute Gasteiger partial charge is 0.310 e. The third kappa shape index (κ3) is 7.32. The van der Waals surface area contributed by atoms with Crippen LogP contribution in [0.2, 0.25) is 5.02 Å². The summed E-state index contributed by atoms with van der Waals surface area (Å²) >= 11 is 5.86. The van der Waals surface area contributed by atoms with Gasteiger partial charge in [-0.25, -0.2) is 0 Å². The van der Waals surface area contributed by atoms with Crippen LogP contribution in [0, 0.1) is 5.92 Å². The van der Waals surface area contributed by atoms with E-state index in [1.54, 1.807) is 18.9 Å². The molecule has 0 fully saturated rings. The normalized spacial score (nSPS) is 11.8. The number of carbonyl (C=O) groups is 2. The van der Waals surface area contributed by atoms with Gasteiger partial charge in [0, 0.05) is 31.6 Å². The largest absolute Gasteiger partial charge is 0.469 e. The SMILES string of the molecule is COCCN(CC(C)C(=O)OC)C(=O)CCCc1ccc(Cl)cc1. The second-order valence-electron chi connectivity index (χ2n) is 5.74. The first-order chi connectivity index (χ1) is 11.5. The van der Waals surface area contributed by atoms with Crippen molar-refractivity contribution < 1.29 is 19.1 Å². The molecule has 0 aromatic heterocycles. The quantitative estimate of drug-likeness (QED) is 0.605. The van der Waals surface area contributed by atoms with E-state index in [-0.39, 0.29) is 17.8 Å². The van der Waals surface area contributed by atoms with Crippen molar-refractivity contribution in [1.82, 2.24) is 4.90 Å². The molecule has 5 nitrogen and oxygen atoms in total. The Hall–Kier alpha value is -1.59. The molecule has 0 bridgehead atoms. The molecule has 0 aliphatic rings. The van der Waals surface area contributed by atoms with E-state index in [9.17, 15) is 9.59 Å². The van der Waals surface area contributed by atoms with E-state index >= 15 is 0 Å². The fourth-order valence-electron chi connectivity index (χ4n) is 2.38. The van der Waals surface area contributed by atoms with Crippen molar-refractivity contribution in [1.29, 1.82) is 0 Å². The van der Waals surface area contributed by atoms with Gasteiger partial charge in [0.15, 0.2) is 0 Å². The molecular weight excluding hydrogens is 330 g/mol. The molecule has 0 saturated carbocycles. The summed E-state index contributed by atoms with van der Waals surface area (Å²) in [4.78, 5) is 25.7. The van der Waals surface area contributed by atoms with Crippen LogP contribution in [0.25, 0.3) is 0 Å². The zero-order valence-corrected chi connectivity index (χ0v) is 15.3. The van der Waals surface area contributed by atoms with Crippen LogP contribution in [-0.2, 0) is 25.5 Å². The standard InChI is InChI=1S/C18H26ClNO4/c1-14(18(22)24-3)13-20(11-12-23-2)17(21)6-4-5-15-7-9-16(19)10-8-15/h7-10,14H,4-6,11-13H2,1-3H3. The van der Waals surface area contributed by atoms with Crippen molar-refractivity contribution >= 4 is 23.5 Å². The molecule has 1 rings (SSSR count). The molecule has 0 aliphatic heterocycles. The monoisotopic (exact) mass is 355 g/mol. The zero-order valence-electron chi connectivity index (χ0n) is 14.6. The predicted octanol–water partition coefficient (Wildman–Crippen LogP) is 2.95. The molecule has 1 aromatic carbocycles. The molecule has 24 heavy (non-hydrogen) atoms. The number of nitrogens with zero attached hydrogens (tertiary/aromatic N) is 1. The first-order valence-corrected chi connectivity index (χ1v) is 8.44. The van der Waals surface area contributed by atoms with Crippen LogP contribution in [0.15, 0.2) is 24.3 Å². The zero-order chi connectivity index (χ0) is 17.9. The lowest BCUT2D eigenvalue weighted by Gasteiger charge is -2.25.